The van der Waals surface area contributed by atoms with Crippen molar-refractivity contribution in [2.75, 3.05) is 11.9 Å². The lowest BCUT2D eigenvalue weighted by Gasteiger charge is -2.22. The maximum atomic E-state index is 5.64. The highest BCUT2D eigenvalue weighted by Gasteiger charge is 2.07. The van der Waals surface area contributed by atoms with Gasteiger partial charge >= 0.3 is 0 Å². The van der Waals surface area contributed by atoms with E-state index < -0.39 is 0 Å². The van der Waals surface area contributed by atoms with Gasteiger partial charge in [0.15, 0.2) is 0 Å². The number of hydrogen-bond donors (Lipinski definition) is 1. The molecule has 98 valence electrons. The first-order chi connectivity index (χ1) is 9.08. The average Bonchev–Trinajstić information content (AvgIpc) is 2.39. The number of benzene rings is 1. The molecule has 19 heavy (non-hydrogen) atoms. The molecule has 0 saturated carbocycles. The Hall–Kier alpha value is -1.94. The second kappa shape index (κ2) is 5.80. The Morgan fingerprint density at radius 1 is 1.26 bits per heavy atom. The molecule has 2 aromatic rings. The Morgan fingerprint density at radius 3 is 2.53 bits per heavy atom. The highest BCUT2D eigenvalue weighted by atomic mass is 32.1. The van der Waals surface area contributed by atoms with Crippen LogP contribution in [0.4, 0.5) is 5.69 Å². The van der Waals surface area contributed by atoms with Gasteiger partial charge in [0.05, 0.1) is 0 Å². The van der Waals surface area contributed by atoms with Crippen molar-refractivity contribution >= 4 is 22.9 Å². The monoisotopic (exact) mass is 271 g/mol. The van der Waals surface area contributed by atoms with Gasteiger partial charge in [-0.15, -0.1) is 0 Å². The van der Waals surface area contributed by atoms with Gasteiger partial charge in [-0.05, 0) is 48.4 Å². The minimum absolute atomic E-state index is 0.437. The van der Waals surface area contributed by atoms with Gasteiger partial charge in [-0.3, -0.25) is 4.98 Å². The summed E-state index contributed by atoms with van der Waals surface area (Å²) < 4.78 is 0. The molecular formula is C15H17N3S. The Bertz CT molecular complexity index is 581. The van der Waals surface area contributed by atoms with Crippen molar-refractivity contribution in [3.8, 4) is 0 Å². The average molecular weight is 271 g/mol. The van der Waals surface area contributed by atoms with E-state index in [1.165, 1.54) is 16.8 Å². The predicted molar refractivity (Wildman–Crippen MR) is 83.4 cm³/mol. The lowest BCUT2D eigenvalue weighted by molar-refractivity contribution is 0.914. The molecule has 0 fully saturated rings. The fourth-order valence-electron chi connectivity index (χ4n) is 2.08. The zero-order valence-electron chi connectivity index (χ0n) is 11.1. The Morgan fingerprint density at radius 2 is 1.95 bits per heavy atom. The molecule has 0 spiro atoms. The summed E-state index contributed by atoms with van der Waals surface area (Å²) in [5.41, 5.74) is 10.1. The molecule has 4 heteroatoms. The zero-order valence-corrected chi connectivity index (χ0v) is 11.9. The molecule has 0 amide bonds. The van der Waals surface area contributed by atoms with Gasteiger partial charge in [0.2, 0.25) is 0 Å². The van der Waals surface area contributed by atoms with E-state index in [9.17, 15) is 0 Å². The largest absolute Gasteiger partial charge is 0.389 e. The molecule has 0 saturated heterocycles. The summed E-state index contributed by atoms with van der Waals surface area (Å²) >= 11 is 4.99. The van der Waals surface area contributed by atoms with Crippen molar-refractivity contribution in [2.45, 2.75) is 13.5 Å². The molecule has 0 bridgehead atoms. The maximum Gasteiger partial charge on any atom is 0.103 e. The molecule has 0 unspecified atom stereocenters. The number of hydrogen-bond acceptors (Lipinski definition) is 3. The number of anilines is 1. The number of rotatable bonds is 4. The first-order valence-corrected chi connectivity index (χ1v) is 6.49. The van der Waals surface area contributed by atoms with Crippen LogP contribution in [-0.4, -0.2) is 17.0 Å². The summed E-state index contributed by atoms with van der Waals surface area (Å²) in [7, 11) is 2.07. The lowest BCUT2D eigenvalue weighted by atomic mass is 10.1. The van der Waals surface area contributed by atoms with Crippen LogP contribution in [0.1, 0.15) is 16.7 Å². The van der Waals surface area contributed by atoms with Crippen LogP contribution < -0.4 is 10.6 Å². The normalized spacial score (nSPS) is 10.2. The second-order valence-corrected chi connectivity index (χ2v) is 5.02. The number of pyridine rings is 1. The van der Waals surface area contributed by atoms with E-state index in [2.05, 4.69) is 29.9 Å². The Balaban J connectivity index is 2.20. The van der Waals surface area contributed by atoms with E-state index in [0.717, 1.165) is 12.1 Å². The van der Waals surface area contributed by atoms with Crippen molar-refractivity contribution in [3.05, 3.63) is 59.4 Å². The van der Waals surface area contributed by atoms with Crippen molar-refractivity contribution < 1.29 is 0 Å². The fourth-order valence-corrected chi connectivity index (χ4v) is 2.21. The first kappa shape index (κ1) is 13.5. The van der Waals surface area contributed by atoms with Gasteiger partial charge in [-0.1, -0.05) is 12.2 Å². The van der Waals surface area contributed by atoms with E-state index in [4.69, 9.17) is 18.0 Å². The van der Waals surface area contributed by atoms with Crippen LogP contribution in [0.2, 0.25) is 0 Å². The molecule has 0 aliphatic heterocycles. The first-order valence-electron chi connectivity index (χ1n) is 6.08. The van der Waals surface area contributed by atoms with Crippen LogP contribution in [-0.2, 0) is 6.54 Å². The van der Waals surface area contributed by atoms with Gasteiger partial charge in [-0.25, -0.2) is 0 Å². The predicted octanol–water partition coefficient (Wildman–Crippen LogP) is 2.66. The standard InChI is InChI=1S/C15H17N3S/c1-11-9-13(15(16)19)3-4-14(11)18(2)10-12-5-7-17-8-6-12/h3-9H,10H2,1-2H3,(H2,16,19). The molecule has 2 rings (SSSR count). The van der Waals surface area contributed by atoms with E-state index >= 15 is 0 Å². The van der Waals surface area contributed by atoms with Gasteiger partial charge < -0.3 is 10.6 Å². The fraction of sp³-hybridized carbons (Fsp3) is 0.200. The molecule has 3 nitrogen and oxygen atoms in total. The van der Waals surface area contributed by atoms with Gasteiger partial charge in [0.25, 0.3) is 0 Å². The molecule has 1 aromatic carbocycles. The van der Waals surface area contributed by atoms with Crippen molar-refractivity contribution in [3.63, 3.8) is 0 Å². The summed E-state index contributed by atoms with van der Waals surface area (Å²) in [5.74, 6) is 0. The molecule has 1 aromatic heterocycles. The molecule has 0 aliphatic carbocycles. The van der Waals surface area contributed by atoms with Crippen LogP contribution in [0.5, 0.6) is 0 Å². The SMILES string of the molecule is Cc1cc(C(N)=S)ccc1N(C)Cc1ccncc1. The third kappa shape index (κ3) is 3.29. The summed E-state index contributed by atoms with van der Waals surface area (Å²) in [6.07, 6.45) is 3.62. The highest BCUT2D eigenvalue weighted by molar-refractivity contribution is 7.80. The summed E-state index contributed by atoms with van der Waals surface area (Å²) in [6, 6.07) is 10.1. The quantitative estimate of drug-likeness (QED) is 0.868. The molecule has 0 radical (unpaired) electrons. The van der Waals surface area contributed by atoms with Crippen molar-refractivity contribution in [1.82, 2.24) is 4.98 Å². The number of thiocarbonyl (C=S) groups is 1. The van der Waals surface area contributed by atoms with Crippen LogP contribution >= 0.6 is 12.2 Å². The van der Waals surface area contributed by atoms with Crippen LogP contribution in [0.15, 0.2) is 42.7 Å². The second-order valence-electron chi connectivity index (χ2n) is 4.58. The molecule has 0 atom stereocenters. The van der Waals surface area contributed by atoms with E-state index in [1.54, 1.807) is 0 Å². The van der Waals surface area contributed by atoms with Crippen LogP contribution in [0.25, 0.3) is 0 Å². The summed E-state index contributed by atoms with van der Waals surface area (Å²) in [6.45, 7) is 2.91. The van der Waals surface area contributed by atoms with Gasteiger partial charge in [0, 0.05) is 37.2 Å². The smallest absolute Gasteiger partial charge is 0.103 e. The Kier molecular flexibility index (Phi) is 4.12. The van der Waals surface area contributed by atoms with E-state index in [0.29, 0.717) is 4.99 Å². The van der Waals surface area contributed by atoms with Crippen molar-refractivity contribution in [2.24, 2.45) is 5.73 Å². The highest BCUT2D eigenvalue weighted by Crippen LogP contribution is 2.21. The number of aryl methyl sites for hydroxylation is 1. The molecule has 1 heterocycles. The topological polar surface area (TPSA) is 42.1 Å². The van der Waals surface area contributed by atoms with Crippen molar-refractivity contribution in [1.29, 1.82) is 0 Å². The number of nitrogens with two attached hydrogens (primary N) is 1. The summed E-state index contributed by atoms with van der Waals surface area (Å²) in [4.78, 5) is 6.67. The minimum atomic E-state index is 0.437. The van der Waals surface area contributed by atoms with Crippen LogP contribution in [0.3, 0.4) is 0 Å². The molecular weight excluding hydrogens is 254 g/mol. The zero-order chi connectivity index (χ0) is 13.8. The van der Waals surface area contributed by atoms with Crippen LogP contribution in [0, 0.1) is 6.92 Å². The molecule has 2 N–H and O–H groups in total. The third-order valence-electron chi connectivity index (χ3n) is 3.06. The summed E-state index contributed by atoms with van der Waals surface area (Å²) in [5, 5.41) is 0. The lowest BCUT2D eigenvalue weighted by Crippen LogP contribution is -2.18. The molecule has 0 aliphatic rings. The number of nitrogens with zero attached hydrogens (tertiary/aromatic N) is 2. The van der Waals surface area contributed by atoms with E-state index in [-0.39, 0.29) is 0 Å². The Labute approximate surface area is 119 Å². The maximum absolute atomic E-state index is 5.64. The minimum Gasteiger partial charge on any atom is -0.389 e. The number of aromatic nitrogens is 1. The third-order valence-corrected chi connectivity index (χ3v) is 3.30. The van der Waals surface area contributed by atoms with Gasteiger partial charge in [-0.2, -0.15) is 0 Å². The van der Waals surface area contributed by atoms with Gasteiger partial charge in [0.1, 0.15) is 4.99 Å². The van der Waals surface area contributed by atoms with E-state index in [1.807, 2.05) is 36.7 Å².